The number of azo groups is 1. The number of rotatable bonds is 9. The van der Waals surface area contributed by atoms with E-state index in [1.54, 1.807) is 0 Å². The second kappa shape index (κ2) is 9.60. The summed E-state index contributed by atoms with van der Waals surface area (Å²) in [4.78, 5) is 52.3. The molecule has 1 rings (SSSR count). The summed E-state index contributed by atoms with van der Waals surface area (Å²) in [6.07, 6.45) is -1.87. The van der Waals surface area contributed by atoms with Gasteiger partial charge in [-0.15, -0.1) is 10.2 Å². The van der Waals surface area contributed by atoms with Crippen LogP contribution in [-0.2, 0) is 19.1 Å². The number of nitro benzene ring substituents is 2. The van der Waals surface area contributed by atoms with Crippen LogP contribution in [0.5, 0.6) is 0 Å². The van der Waals surface area contributed by atoms with Crippen molar-refractivity contribution in [2.75, 3.05) is 6.61 Å². The lowest BCUT2D eigenvalue weighted by molar-refractivity contribution is -0.536. The Morgan fingerprint density at radius 1 is 1.07 bits per heavy atom. The Hall–Kier alpha value is -4.04. The summed E-state index contributed by atoms with van der Waals surface area (Å²) in [6.45, 7) is 1.13. The standard InChI is InChI=1S/C13H13N5O10/c1-7(19)27-6-12(18(25)26)13(28-8(2)20)15-14-10-4-3-9(16(21)22)5-11(10)17(23)24/h3-5,12-13H,6H2,1-2H3. The highest BCUT2D eigenvalue weighted by Crippen LogP contribution is 2.31. The quantitative estimate of drug-likeness (QED) is 0.254. The van der Waals surface area contributed by atoms with Gasteiger partial charge in [-0.3, -0.25) is 39.9 Å². The first-order chi connectivity index (χ1) is 13.0. The number of nitrogens with zero attached hydrogens (tertiary/aromatic N) is 5. The molecule has 0 bridgehead atoms. The maximum Gasteiger partial charge on any atom is 0.304 e. The Labute approximate surface area is 155 Å². The van der Waals surface area contributed by atoms with E-state index in [4.69, 9.17) is 0 Å². The molecule has 0 saturated carbocycles. The average molecular weight is 399 g/mol. The third kappa shape index (κ3) is 6.36. The van der Waals surface area contributed by atoms with Gasteiger partial charge < -0.3 is 9.47 Å². The van der Waals surface area contributed by atoms with Gasteiger partial charge in [0.2, 0.25) is 0 Å². The average Bonchev–Trinajstić information content (AvgIpc) is 2.58. The molecule has 0 aliphatic heterocycles. The number of nitro groups is 3. The molecule has 0 amide bonds. The minimum atomic E-state index is -1.87. The van der Waals surface area contributed by atoms with Crippen molar-refractivity contribution < 1.29 is 33.8 Å². The molecule has 150 valence electrons. The SMILES string of the molecule is CC(=O)OCC(C(N=Nc1ccc([N+](=O)[O-])cc1[N+](=O)[O-])OC(C)=O)[N+](=O)[O-]. The van der Waals surface area contributed by atoms with Crippen LogP contribution in [0.4, 0.5) is 17.1 Å². The van der Waals surface area contributed by atoms with Gasteiger partial charge in [0.1, 0.15) is 0 Å². The Morgan fingerprint density at radius 3 is 2.18 bits per heavy atom. The van der Waals surface area contributed by atoms with Crippen molar-refractivity contribution in [1.29, 1.82) is 0 Å². The highest BCUT2D eigenvalue weighted by Gasteiger charge is 2.36. The highest BCUT2D eigenvalue weighted by molar-refractivity contribution is 5.66. The zero-order valence-corrected chi connectivity index (χ0v) is 14.4. The van der Waals surface area contributed by atoms with Crippen molar-refractivity contribution in [2.24, 2.45) is 10.2 Å². The molecule has 0 radical (unpaired) electrons. The summed E-state index contributed by atoms with van der Waals surface area (Å²) < 4.78 is 9.21. The smallest absolute Gasteiger partial charge is 0.304 e. The Kier molecular flexibility index (Phi) is 7.54. The summed E-state index contributed by atoms with van der Waals surface area (Å²) in [5.74, 6) is -1.81. The van der Waals surface area contributed by atoms with Crippen LogP contribution in [0, 0.1) is 30.3 Å². The van der Waals surface area contributed by atoms with Gasteiger partial charge in [0, 0.05) is 24.8 Å². The van der Waals surface area contributed by atoms with Crippen LogP contribution in [0.3, 0.4) is 0 Å². The maximum atomic E-state index is 11.2. The molecule has 2 atom stereocenters. The van der Waals surface area contributed by atoms with E-state index in [0.717, 1.165) is 26.0 Å². The predicted molar refractivity (Wildman–Crippen MR) is 87.2 cm³/mol. The molecule has 0 spiro atoms. The number of carbonyl (C=O) groups excluding carboxylic acids is 2. The van der Waals surface area contributed by atoms with Gasteiger partial charge in [-0.2, -0.15) is 0 Å². The summed E-state index contributed by atoms with van der Waals surface area (Å²) in [7, 11) is 0. The molecular formula is C13H13N5O10. The molecule has 1 aromatic carbocycles. The molecule has 0 aliphatic rings. The minimum Gasteiger partial charge on any atom is -0.458 e. The van der Waals surface area contributed by atoms with E-state index in [1.807, 2.05) is 0 Å². The molecule has 2 unspecified atom stereocenters. The molecule has 0 aromatic heterocycles. The topological polar surface area (TPSA) is 207 Å². The largest absolute Gasteiger partial charge is 0.458 e. The number of carbonyl (C=O) groups is 2. The summed E-state index contributed by atoms with van der Waals surface area (Å²) >= 11 is 0. The van der Waals surface area contributed by atoms with Crippen molar-refractivity contribution in [3.05, 3.63) is 48.5 Å². The molecule has 0 heterocycles. The Balaban J connectivity index is 3.27. The number of ether oxygens (including phenoxy) is 2. The summed E-state index contributed by atoms with van der Waals surface area (Å²) in [6, 6.07) is 0.594. The van der Waals surface area contributed by atoms with Crippen LogP contribution in [0.2, 0.25) is 0 Å². The van der Waals surface area contributed by atoms with Gasteiger partial charge in [0.25, 0.3) is 11.9 Å². The van der Waals surface area contributed by atoms with Gasteiger partial charge in [-0.05, 0) is 6.07 Å². The van der Waals surface area contributed by atoms with Gasteiger partial charge >= 0.3 is 23.7 Å². The number of hydrogen-bond donors (Lipinski definition) is 0. The first kappa shape index (κ1) is 22.0. The molecule has 1 aromatic rings. The first-order valence-electron chi connectivity index (χ1n) is 7.30. The highest BCUT2D eigenvalue weighted by atomic mass is 16.6. The van der Waals surface area contributed by atoms with Gasteiger partial charge in [0.05, 0.1) is 15.9 Å². The van der Waals surface area contributed by atoms with Gasteiger partial charge in [0.15, 0.2) is 12.3 Å². The molecule has 0 N–H and O–H groups in total. The molecule has 0 saturated heterocycles. The Morgan fingerprint density at radius 2 is 1.71 bits per heavy atom. The summed E-state index contributed by atoms with van der Waals surface area (Å²) in [5.41, 5.74) is -1.85. The van der Waals surface area contributed by atoms with E-state index in [2.05, 4.69) is 19.7 Å². The van der Waals surface area contributed by atoms with Crippen LogP contribution in [-0.4, -0.2) is 45.6 Å². The van der Waals surface area contributed by atoms with E-state index in [9.17, 15) is 39.9 Å². The van der Waals surface area contributed by atoms with Gasteiger partial charge in [-0.25, -0.2) is 0 Å². The van der Waals surface area contributed by atoms with Crippen molar-refractivity contribution in [1.82, 2.24) is 0 Å². The molecule has 15 heteroatoms. The second-order valence-corrected chi connectivity index (χ2v) is 5.06. The lowest BCUT2D eigenvalue weighted by Crippen LogP contribution is -2.39. The lowest BCUT2D eigenvalue weighted by Gasteiger charge is -2.15. The van der Waals surface area contributed by atoms with E-state index < -0.39 is 62.6 Å². The van der Waals surface area contributed by atoms with Crippen LogP contribution < -0.4 is 0 Å². The van der Waals surface area contributed by atoms with Crippen LogP contribution >= 0.6 is 0 Å². The minimum absolute atomic E-state index is 0.470. The van der Waals surface area contributed by atoms with E-state index >= 15 is 0 Å². The van der Waals surface area contributed by atoms with E-state index in [0.29, 0.717) is 6.07 Å². The third-order valence-corrected chi connectivity index (χ3v) is 2.99. The fraction of sp³-hybridized carbons (Fsp3) is 0.385. The first-order valence-corrected chi connectivity index (χ1v) is 7.30. The molecular weight excluding hydrogens is 386 g/mol. The Bertz CT molecular complexity index is 839. The summed E-state index contributed by atoms with van der Waals surface area (Å²) in [5, 5.41) is 39.8. The molecule has 0 aliphatic carbocycles. The zero-order valence-electron chi connectivity index (χ0n) is 14.4. The number of hydrogen-bond acceptors (Lipinski definition) is 12. The van der Waals surface area contributed by atoms with Crippen molar-refractivity contribution in [3.8, 4) is 0 Å². The van der Waals surface area contributed by atoms with Crippen LogP contribution in [0.1, 0.15) is 13.8 Å². The monoisotopic (exact) mass is 399 g/mol. The molecule has 15 nitrogen and oxygen atoms in total. The number of non-ortho nitro benzene ring substituents is 1. The lowest BCUT2D eigenvalue weighted by atomic mass is 10.2. The predicted octanol–water partition coefficient (Wildman–Crippen LogP) is 1.68. The fourth-order valence-corrected chi connectivity index (χ4v) is 1.77. The third-order valence-electron chi connectivity index (χ3n) is 2.99. The molecule has 28 heavy (non-hydrogen) atoms. The van der Waals surface area contributed by atoms with Crippen LogP contribution in [0.25, 0.3) is 0 Å². The molecule has 0 fully saturated rings. The van der Waals surface area contributed by atoms with Crippen molar-refractivity contribution >= 4 is 29.0 Å². The van der Waals surface area contributed by atoms with E-state index in [-0.39, 0.29) is 0 Å². The maximum absolute atomic E-state index is 11.2. The van der Waals surface area contributed by atoms with Gasteiger partial charge in [-0.1, -0.05) is 0 Å². The second-order valence-electron chi connectivity index (χ2n) is 5.06. The van der Waals surface area contributed by atoms with Crippen LogP contribution in [0.15, 0.2) is 28.4 Å². The van der Waals surface area contributed by atoms with Crippen molar-refractivity contribution in [2.45, 2.75) is 26.1 Å². The zero-order chi connectivity index (χ0) is 21.4. The van der Waals surface area contributed by atoms with E-state index in [1.165, 1.54) is 0 Å². The van der Waals surface area contributed by atoms with Crippen molar-refractivity contribution in [3.63, 3.8) is 0 Å². The number of benzene rings is 1. The number of esters is 2. The fourth-order valence-electron chi connectivity index (χ4n) is 1.77. The normalized spacial score (nSPS) is 12.8.